The Bertz CT molecular complexity index is 839. The van der Waals surface area contributed by atoms with Gasteiger partial charge in [0, 0.05) is 12.6 Å². The Morgan fingerprint density at radius 2 is 1.66 bits per heavy atom. The number of benzene rings is 1. The Hall–Kier alpha value is -2.57. The maximum absolute atomic E-state index is 13.9. The van der Waals surface area contributed by atoms with Crippen molar-refractivity contribution in [1.29, 1.82) is 0 Å². The Morgan fingerprint density at radius 1 is 1.06 bits per heavy atom. The van der Waals surface area contributed by atoms with E-state index in [4.69, 9.17) is 4.74 Å². The first-order chi connectivity index (χ1) is 16.4. The van der Waals surface area contributed by atoms with Crippen molar-refractivity contribution in [2.24, 2.45) is 5.92 Å². The highest BCUT2D eigenvalue weighted by atomic mass is 16.6. The van der Waals surface area contributed by atoms with Crippen molar-refractivity contribution in [3.8, 4) is 0 Å². The number of hydrogen-bond acceptors (Lipinski definition) is 4. The third kappa shape index (κ3) is 9.19. The number of ether oxygens (including phenoxy) is 1. The molecule has 2 rings (SSSR count). The highest BCUT2D eigenvalue weighted by molar-refractivity contribution is 5.92. The Labute approximate surface area is 211 Å². The molecule has 2 N–H and O–H groups in total. The molecule has 0 aliphatic heterocycles. The summed E-state index contributed by atoms with van der Waals surface area (Å²) in [6.45, 7) is 13.6. The van der Waals surface area contributed by atoms with Gasteiger partial charge in [0.15, 0.2) is 0 Å². The summed E-state index contributed by atoms with van der Waals surface area (Å²) >= 11 is 0. The zero-order valence-electron chi connectivity index (χ0n) is 22.6. The van der Waals surface area contributed by atoms with Crippen LogP contribution < -0.4 is 10.6 Å². The van der Waals surface area contributed by atoms with Crippen LogP contribution in [0.25, 0.3) is 0 Å². The highest BCUT2D eigenvalue weighted by Crippen LogP contribution is 2.26. The van der Waals surface area contributed by atoms with Crippen molar-refractivity contribution < 1.29 is 19.1 Å². The van der Waals surface area contributed by atoms with E-state index in [1.54, 1.807) is 25.7 Å². The summed E-state index contributed by atoms with van der Waals surface area (Å²) in [6.07, 6.45) is 5.14. The third-order valence-electron chi connectivity index (χ3n) is 6.22. The molecule has 2 unspecified atom stereocenters. The quantitative estimate of drug-likeness (QED) is 0.496. The van der Waals surface area contributed by atoms with Crippen molar-refractivity contribution in [1.82, 2.24) is 15.5 Å². The van der Waals surface area contributed by atoms with Crippen LogP contribution in [-0.2, 0) is 14.3 Å². The van der Waals surface area contributed by atoms with Gasteiger partial charge < -0.3 is 20.3 Å². The van der Waals surface area contributed by atoms with Gasteiger partial charge in [-0.25, -0.2) is 4.79 Å². The summed E-state index contributed by atoms with van der Waals surface area (Å²) in [6, 6.07) is 6.30. The lowest BCUT2D eigenvalue weighted by Gasteiger charge is -2.35. The predicted molar refractivity (Wildman–Crippen MR) is 139 cm³/mol. The smallest absolute Gasteiger partial charge is 0.408 e. The number of amides is 3. The van der Waals surface area contributed by atoms with Crippen LogP contribution in [0.2, 0.25) is 0 Å². The van der Waals surface area contributed by atoms with Gasteiger partial charge in [-0.1, -0.05) is 62.9 Å². The third-order valence-corrected chi connectivity index (χ3v) is 6.22. The summed E-state index contributed by atoms with van der Waals surface area (Å²) in [5, 5.41) is 5.98. The van der Waals surface area contributed by atoms with Crippen LogP contribution in [0.3, 0.4) is 0 Å². The van der Waals surface area contributed by atoms with Gasteiger partial charge in [-0.2, -0.15) is 0 Å². The van der Waals surface area contributed by atoms with Crippen LogP contribution in [0.4, 0.5) is 4.79 Å². The van der Waals surface area contributed by atoms with Crippen LogP contribution in [0.1, 0.15) is 97.2 Å². The summed E-state index contributed by atoms with van der Waals surface area (Å²) in [4.78, 5) is 41.7. The number of alkyl carbamates (subject to hydrolysis) is 1. The van der Waals surface area contributed by atoms with E-state index in [0.717, 1.165) is 36.8 Å². The van der Waals surface area contributed by atoms with Gasteiger partial charge in [0.25, 0.3) is 0 Å². The number of carbonyl (C=O) groups excluding carboxylic acids is 3. The number of likely N-dealkylation sites (N-methyl/N-ethyl adjacent to an activating group) is 1. The van der Waals surface area contributed by atoms with Crippen LogP contribution in [-0.4, -0.2) is 47.0 Å². The molecule has 196 valence electrons. The van der Waals surface area contributed by atoms with Gasteiger partial charge in [0.05, 0.1) is 0 Å². The molecule has 0 bridgehead atoms. The van der Waals surface area contributed by atoms with E-state index in [0.29, 0.717) is 13.0 Å². The van der Waals surface area contributed by atoms with E-state index in [-0.39, 0.29) is 23.8 Å². The van der Waals surface area contributed by atoms with E-state index in [9.17, 15) is 14.4 Å². The minimum absolute atomic E-state index is 0.129. The second-order valence-corrected chi connectivity index (χ2v) is 11.1. The average Bonchev–Trinajstić information content (AvgIpc) is 2.76. The molecule has 0 saturated heterocycles. The first-order valence-corrected chi connectivity index (χ1v) is 13.1. The molecule has 1 aromatic carbocycles. The number of nitrogens with zero attached hydrogens (tertiary/aromatic N) is 1. The number of aryl methyl sites for hydroxylation is 1. The second-order valence-electron chi connectivity index (χ2n) is 11.1. The maximum Gasteiger partial charge on any atom is 0.408 e. The van der Waals surface area contributed by atoms with Gasteiger partial charge in [-0.05, 0) is 65.4 Å². The molecule has 7 nitrogen and oxygen atoms in total. The van der Waals surface area contributed by atoms with Crippen LogP contribution in [0.5, 0.6) is 0 Å². The highest BCUT2D eigenvalue weighted by Gasteiger charge is 2.36. The Kier molecular flexibility index (Phi) is 10.6. The van der Waals surface area contributed by atoms with E-state index < -0.39 is 23.8 Å². The summed E-state index contributed by atoms with van der Waals surface area (Å²) < 4.78 is 5.42. The fraction of sp³-hybridized carbons (Fsp3) is 0.679. The first kappa shape index (κ1) is 28.7. The molecule has 7 heteroatoms. The van der Waals surface area contributed by atoms with Crippen LogP contribution in [0.15, 0.2) is 24.3 Å². The molecule has 0 aromatic heterocycles. The predicted octanol–water partition coefficient (Wildman–Crippen LogP) is 5.27. The lowest BCUT2D eigenvalue weighted by molar-refractivity contribution is -0.142. The van der Waals surface area contributed by atoms with Gasteiger partial charge in [0.2, 0.25) is 11.8 Å². The molecule has 0 heterocycles. The van der Waals surface area contributed by atoms with E-state index in [1.807, 2.05) is 52.0 Å². The Morgan fingerprint density at radius 3 is 2.17 bits per heavy atom. The molecule has 1 aromatic rings. The van der Waals surface area contributed by atoms with Gasteiger partial charge >= 0.3 is 6.09 Å². The number of hydrogen-bond donors (Lipinski definition) is 2. The largest absolute Gasteiger partial charge is 0.444 e. The normalized spacial score (nSPS) is 16.3. The van der Waals surface area contributed by atoms with Crippen molar-refractivity contribution >= 4 is 17.9 Å². The zero-order valence-corrected chi connectivity index (χ0v) is 22.6. The van der Waals surface area contributed by atoms with Gasteiger partial charge in [0.1, 0.15) is 17.7 Å². The number of rotatable bonds is 9. The van der Waals surface area contributed by atoms with Gasteiger partial charge in [-0.15, -0.1) is 0 Å². The molecule has 1 fully saturated rings. The molecule has 1 aliphatic rings. The minimum Gasteiger partial charge on any atom is -0.444 e. The van der Waals surface area contributed by atoms with Crippen molar-refractivity contribution in [2.45, 2.75) is 111 Å². The molecule has 3 amide bonds. The van der Waals surface area contributed by atoms with E-state index in [2.05, 4.69) is 10.6 Å². The van der Waals surface area contributed by atoms with Crippen molar-refractivity contribution in [3.63, 3.8) is 0 Å². The minimum atomic E-state index is -0.791. The molecule has 0 radical (unpaired) electrons. The average molecular weight is 488 g/mol. The van der Waals surface area contributed by atoms with Gasteiger partial charge in [-0.3, -0.25) is 9.59 Å². The molecule has 1 saturated carbocycles. The fourth-order valence-corrected chi connectivity index (χ4v) is 4.56. The monoisotopic (exact) mass is 487 g/mol. The SMILES string of the molecule is CCN(C(=O)C(CC(C)C)NC(=O)OC(C)(C)C)C(C(=O)NC1CCCCC1)c1ccc(C)cc1. The summed E-state index contributed by atoms with van der Waals surface area (Å²) in [5.41, 5.74) is 1.17. The number of nitrogens with one attached hydrogen (secondary N) is 2. The van der Waals surface area contributed by atoms with E-state index >= 15 is 0 Å². The lowest BCUT2D eigenvalue weighted by Crippen LogP contribution is -2.54. The summed E-state index contributed by atoms with van der Waals surface area (Å²) in [5.74, 6) is -0.292. The standard InChI is InChI=1S/C28H45N3O4/c1-8-31(26(33)23(18-19(2)3)30-27(34)35-28(5,6)7)24(21-16-14-20(4)15-17-21)25(32)29-22-12-10-9-11-13-22/h14-17,19,22-24H,8-13,18H2,1-7H3,(H,29,32)(H,30,34). The van der Waals surface area contributed by atoms with E-state index in [1.165, 1.54) is 6.42 Å². The molecule has 1 aliphatic carbocycles. The molecular formula is C28H45N3O4. The second kappa shape index (κ2) is 12.9. The molecule has 0 spiro atoms. The van der Waals surface area contributed by atoms with Crippen molar-refractivity contribution in [3.05, 3.63) is 35.4 Å². The number of carbonyl (C=O) groups is 3. The van der Waals surface area contributed by atoms with Crippen molar-refractivity contribution in [2.75, 3.05) is 6.54 Å². The lowest BCUT2D eigenvalue weighted by atomic mass is 9.94. The molecule has 35 heavy (non-hydrogen) atoms. The zero-order chi connectivity index (χ0) is 26.2. The molecular weight excluding hydrogens is 442 g/mol. The first-order valence-electron chi connectivity index (χ1n) is 13.1. The summed E-state index contributed by atoms with van der Waals surface area (Å²) in [7, 11) is 0. The maximum atomic E-state index is 13.9. The van der Waals surface area contributed by atoms with Crippen LogP contribution in [0, 0.1) is 12.8 Å². The fourth-order valence-electron chi connectivity index (χ4n) is 4.56. The Balaban J connectivity index is 2.35. The molecule has 2 atom stereocenters. The topological polar surface area (TPSA) is 87.7 Å². The van der Waals surface area contributed by atoms with Crippen LogP contribution >= 0.6 is 0 Å².